The maximum atomic E-state index is 13.8. The molecule has 3 aromatic carbocycles. The van der Waals surface area contributed by atoms with Gasteiger partial charge in [0.1, 0.15) is 23.4 Å². The van der Waals surface area contributed by atoms with Gasteiger partial charge in [-0.25, -0.2) is 9.29 Å². The maximum absolute atomic E-state index is 13.8. The highest BCUT2D eigenvalue weighted by atomic mass is 32.2. The molecule has 0 spiro atoms. The largest absolute Gasteiger partial charge is 0.508 e. The highest BCUT2D eigenvalue weighted by Crippen LogP contribution is 2.53. The summed E-state index contributed by atoms with van der Waals surface area (Å²) in [6, 6.07) is 18.7. The molecule has 4 aromatic rings. The molecule has 11 heteroatoms. The Kier molecular flexibility index (Phi) is 6.55. The molecule has 1 aromatic heterocycles. The number of hydrogen-bond donors (Lipinski definition) is 2. The molecule has 2 N–H and O–H groups in total. The van der Waals surface area contributed by atoms with Crippen LogP contribution in [0, 0.1) is 18.7 Å². The van der Waals surface area contributed by atoms with E-state index in [1.807, 2.05) is 19.1 Å². The molecule has 3 unspecified atom stereocenters. The number of aryl methyl sites for hydroxylation is 1. The zero-order valence-electron chi connectivity index (χ0n) is 21.0. The molecule has 0 bridgehead atoms. The van der Waals surface area contributed by atoms with Crippen LogP contribution in [0.25, 0.3) is 0 Å². The standard InChI is InChI=1S/C29H22FN3O5S2/c1-15-2-10-19(11-3-15)33-26(36)23-22(16-4-6-17(30)7-5-16)25-28(39-24(23)27(33)37)32(29(38)40-25)14-21(35)31-18-8-12-20(34)13-9-18/h2-13,22-24,34H,14H2,1H3,(H,31,35). The molecule has 202 valence electrons. The summed E-state index contributed by atoms with van der Waals surface area (Å²) >= 11 is 2.04. The predicted octanol–water partition coefficient (Wildman–Crippen LogP) is 4.50. The van der Waals surface area contributed by atoms with Crippen LogP contribution < -0.4 is 15.1 Å². The minimum absolute atomic E-state index is 0.0503. The van der Waals surface area contributed by atoms with Gasteiger partial charge in [0.2, 0.25) is 17.7 Å². The average molecular weight is 576 g/mol. The van der Waals surface area contributed by atoms with E-state index in [-0.39, 0.29) is 18.2 Å². The minimum atomic E-state index is -0.836. The van der Waals surface area contributed by atoms with Crippen molar-refractivity contribution in [2.45, 2.75) is 29.7 Å². The van der Waals surface area contributed by atoms with Crippen LogP contribution >= 0.6 is 23.1 Å². The number of aromatic hydroxyl groups is 1. The lowest BCUT2D eigenvalue weighted by atomic mass is 9.83. The third-order valence-electron chi connectivity index (χ3n) is 7.02. The number of thiazole rings is 1. The van der Waals surface area contributed by atoms with Gasteiger partial charge in [0, 0.05) is 16.5 Å². The second-order valence-corrected chi connectivity index (χ2v) is 11.8. The number of amides is 3. The zero-order valence-corrected chi connectivity index (χ0v) is 22.7. The van der Waals surface area contributed by atoms with Crippen LogP contribution in [0.4, 0.5) is 15.8 Å². The van der Waals surface area contributed by atoms with Gasteiger partial charge in [-0.05, 0) is 61.0 Å². The summed E-state index contributed by atoms with van der Waals surface area (Å²) in [5.41, 5.74) is 2.49. The summed E-state index contributed by atoms with van der Waals surface area (Å²) in [5.74, 6) is -3.14. The highest BCUT2D eigenvalue weighted by Gasteiger charge is 2.56. The number of anilines is 2. The molecule has 8 nitrogen and oxygen atoms in total. The van der Waals surface area contributed by atoms with Crippen LogP contribution in [-0.4, -0.2) is 32.6 Å². The first-order valence-electron chi connectivity index (χ1n) is 12.4. The number of halogens is 1. The Bertz CT molecular complexity index is 1700. The van der Waals surface area contributed by atoms with Gasteiger partial charge in [-0.1, -0.05) is 52.9 Å². The number of rotatable bonds is 5. The fourth-order valence-electron chi connectivity index (χ4n) is 5.12. The molecule has 1 saturated heterocycles. The Morgan fingerprint density at radius 2 is 1.62 bits per heavy atom. The third kappa shape index (κ3) is 4.50. The number of fused-ring (bicyclic) bond motifs is 2. The Hall–Kier alpha value is -4.22. The lowest BCUT2D eigenvalue weighted by Crippen LogP contribution is -2.33. The van der Waals surface area contributed by atoms with Crippen molar-refractivity contribution >= 4 is 52.2 Å². The van der Waals surface area contributed by atoms with Gasteiger partial charge >= 0.3 is 4.87 Å². The highest BCUT2D eigenvalue weighted by molar-refractivity contribution is 8.00. The summed E-state index contributed by atoms with van der Waals surface area (Å²) in [7, 11) is 0. The number of phenols is 1. The van der Waals surface area contributed by atoms with Gasteiger partial charge in [-0.15, -0.1) is 0 Å². The van der Waals surface area contributed by atoms with Gasteiger partial charge < -0.3 is 10.4 Å². The average Bonchev–Trinajstić information content (AvgIpc) is 3.37. The summed E-state index contributed by atoms with van der Waals surface area (Å²) in [5, 5.41) is 11.8. The number of hydrogen-bond acceptors (Lipinski definition) is 7. The van der Waals surface area contributed by atoms with Gasteiger partial charge in [0.05, 0.1) is 16.6 Å². The predicted molar refractivity (Wildman–Crippen MR) is 150 cm³/mol. The van der Waals surface area contributed by atoms with Crippen molar-refractivity contribution in [1.82, 2.24) is 4.57 Å². The third-order valence-corrected chi connectivity index (χ3v) is 9.63. The quantitative estimate of drug-likeness (QED) is 0.268. The van der Waals surface area contributed by atoms with E-state index in [1.54, 1.807) is 24.3 Å². The molecule has 0 radical (unpaired) electrons. The van der Waals surface area contributed by atoms with Gasteiger partial charge in [-0.2, -0.15) is 0 Å². The summed E-state index contributed by atoms with van der Waals surface area (Å²) < 4.78 is 15.2. The zero-order chi connectivity index (χ0) is 28.1. The molecule has 6 rings (SSSR count). The van der Waals surface area contributed by atoms with Crippen molar-refractivity contribution in [3.05, 3.63) is 104 Å². The van der Waals surface area contributed by atoms with E-state index in [4.69, 9.17) is 0 Å². The van der Waals surface area contributed by atoms with E-state index in [1.165, 1.54) is 45.9 Å². The number of imide groups is 1. The van der Waals surface area contributed by atoms with Gasteiger partial charge in [0.25, 0.3) is 0 Å². The SMILES string of the molecule is Cc1ccc(N2C(=O)C3Sc4c(sc(=O)n4CC(=O)Nc4ccc(O)cc4)C(c4ccc(F)cc4)C3C2=O)cc1. The topological polar surface area (TPSA) is 109 Å². The number of nitrogens with one attached hydrogen (secondary N) is 1. The molecule has 2 aliphatic heterocycles. The van der Waals surface area contributed by atoms with E-state index in [2.05, 4.69) is 5.32 Å². The van der Waals surface area contributed by atoms with E-state index in [0.29, 0.717) is 26.8 Å². The Labute approximate surface area is 236 Å². The van der Waals surface area contributed by atoms with Crippen molar-refractivity contribution in [3.8, 4) is 5.75 Å². The molecule has 3 heterocycles. The first kappa shape index (κ1) is 26.0. The first-order chi connectivity index (χ1) is 19.2. The second kappa shape index (κ2) is 10.1. The summed E-state index contributed by atoms with van der Waals surface area (Å²) in [4.78, 5) is 55.0. The number of phenolic OH excluding ortho intramolecular Hbond substituents is 1. The van der Waals surface area contributed by atoms with Crippen molar-refractivity contribution in [3.63, 3.8) is 0 Å². The van der Waals surface area contributed by atoms with Crippen LogP contribution in [0.1, 0.15) is 21.9 Å². The lowest BCUT2D eigenvalue weighted by Gasteiger charge is -2.30. The molecule has 3 amide bonds. The molecule has 2 aliphatic rings. The van der Waals surface area contributed by atoms with Crippen LogP contribution in [0.5, 0.6) is 5.75 Å². The minimum Gasteiger partial charge on any atom is -0.508 e. The number of carbonyl (C=O) groups is 3. The van der Waals surface area contributed by atoms with Gasteiger partial charge in [-0.3, -0.25) is 23.7 Å². The normalized spacial score (nSPS) is 19.9. The molecule has 3 atom stereocenters. The summed E-state index contributed by atoms with van der Waals surface area (Å²) in [6.45, 7) is 1.60. The fraction of sp³-hybridized carbons (Fsp3) is 0.172. The molecule has 0 saturated carbocycles. The second-order valence-electron chi connectivity index (χ2n) is 9.66. The number of thioether (sulfide) groups is 1. The van der Waals surface area contributed by atoms with Crippen LogP contribution in [0.15, 0.2) is 82.6 Å². The number of aromatic nitrogens is 1. The van der Waals surface area contributed by atoms with E-state index in [0.717, 1.165) is 28.7 Å². The van der Waals surface area contributed by atoms with Gasteiger partial charge in [0.15, 0.2) is 0 Å². The van der Waals surface area contributed by atoms with E-state index >= 15 is 0 Å². The molecular formula is C29H22FN3O5S2. The Morgan fingerprint density at radius 3 is 2.30 bits per heavy atom. The van der Waals surface area contributed by atoms with Crippen LogP contribution in [0.3, 0.4) is 0 Å². The smallest absolute Gasteiger partial charge is 0.308 e. The van der Waals surface area contributed by atoms with E-state index in [9.17, 15) is 28.7 Å². The molecule has 1 fully saturated rings. The Balaban J connectivity index is 1.40. The fourth-order valence-corrected chi connectivity index (χ4v) is 7.89. The number of benzene rings is 3. The monoisotopic (exact) mass is 575 g/mol. The van der Waals surface area contributed by atoms with Crippen molar-refractivity contribution in [2.75, 3.05) is 10.2 Å². The molecule has 40 heavy (non-hydrogen) atoms. The van der Waals surface area contributed by atoms with Crippen molar-refractivity contribution < 1.29 is 23.9 Å². The van der Waals surface area contributed by atoms with Crippen LogP contribution in [-0.2, 0) is 20.9 Å². The molecule has 0 aliphatic carbocycles. The Morgan fingerprint density at radius 1 is 0.950 bits per heavy atom. The maximum Gasteiger partial charge on any atom is 0.308 e. The first-order valence-corrected chi connectivity index (χ1v) is 14.1. The lowest BCUT2D eigenvalue weighted by molar-refractivity contribution is -0.122. The number of nitrogens with zero attached hydrogens (tertiary/aromatic N) is 2. The van der Waals surface area contributed by atoms with Crippen molar-refractivity contribution in [2.24, 2.45) is 5.92 Å². The molecular weight excluding hydrogens is 553 g/mol. The summed E-state index contributed by atoms with van der Waals surface area (Å²) in [6.07, 6.45) is 0. The van der Waals surface area contributed by atoms with Crippen LogP contribution in [0.2, 0.25) is 0 Å². The number of carbonyl (C=O) groups excluding carboxylic acids is 3. The van der Waals surface area contributed by atoms with E-state index < -0.39 is 39.6 Å². The van der Waals surface area contributed by atoms with Crippen molar-refractivity contribution in [1.29, 1.82) is 0 Å².